The molecule has 1 aromatic rings. The van der Waals surface area contributed by atoms with Gasteiger partial charge in [-0.15, -0.1) is 0 Å². The zero-order chi connectivity index (χ0) is 24.9. The number of benzene rings is 1. The standard InChI is InChI=1S/C28H37ClN4O3/c29-22-2-1-3-23(15-22)32-10-8-31(9-11-32)7-6-30-26(35)24-4-5-25(34)33(24)27(36)28-16-19-12-20(17-28)14-21(13-19)18-28/h1-3,15,19-21,24H,4-14,16-18H2,(H,30,35)/t19?,20?,21?,24-,28?/m0/s1. The Morgan fingerprint density at radius 1 is 1.00 bits per heavy atom. The highest BCUT2D eigenvalue weighted by Gasteiger charge is 2.58. The second kappa shape index (κ2) is 9.64. The van der Waals surface area contributed by atoms with E-state index in [4.69, 9.17) is 11.6 Å². The number of amides is 3. The van der Waals surface area contributed by atoms with E-state index in [0.29, 0.717) is 37.1 Å². The number of imide groups is 1. The van der Waals surface area contributed by atoms with Crippen LogP contribution in [0, 0.1) is 23.2 Å². The van der Waals surface area contributed by atoms with Gasteiger partial charge >= 0.3 is 0 Å². The third kappa shape index (κ3) is 4.53. The molecular weight excluding hydrogens is 476 g/mol. The van der Waals surface area contributed by atoms with Crippen LogP contribution < -0.4 is 10.2 Å². The number of rotatable bonds is 6. The number of piperazine rings is 1. The van der Waals surface area contributed by atoms with Gasteiger partial charge in [-0.1, -0.05) is 17.7 Å². The predicted molar refractivity (Wildman–Crippen MR) is 139 cm³/mol. The van der Waals surface area contributed by atoms with E-state index in [-0.39, 0.29) is 17.7 Å². The lowest BCUT2D eigenvalue weighted by Crippen LogP contribution is -2.58. The van der Waals surface area contributed by atoms with Crippen molar-refractivity contribution < 1.29 is 14.4 Å². The number of nitrogens with zero attached hydrogens (tertiary/aromatic N) is 3. The van der Waals surface area contributed by atoms with Gasteiger partial charge in [0.05, 0.1) is 5.41 Å². The number of anilines is 1. The monoisotopic (exact) mass is 512 g/mol. The molecule has 1 aromatic carbocycles. The smallest absolute Gasteiger partial charge is 0.243 e. The maximum atomic E-state index is 13.8. The van der Waals surface area contributed by atoms with Crippen molar-refractivity contribution >= 4 is 35.0 Å². The van der Waals surface area contributed by atoms with Crippen molar-refractivity contribution in [1.29, 1.82) is 0 Å². The van der Waals surface area contributed by atoms with Crippen LogP contribution >= 0.6 is 11.6 Å². The summed E-state index contributed by atoms with van der Waals surface area (Å²) in [4.78, 5) is 45.8. The molecule has 0 radical (unpaired) electrons. The number of hydrogen-bond acceptors (Lipinski definition) is 5. The van der Waals surface area contributed by atoms with Crippen molar-refractivity contribution in [2.75, 3.05) is 44.2 Å². The molecule has 4 bridgehead atoms. The van der Waals surface area contributed by atoms with Gasteiger partial charge in [0.1, 0.15) is 6.04 Å². The Balaban J connectivity index is 1.01. The largest absolute Gasteiger partial charge is 0.369 e. The summed E-state index contributed by atoms with van der Waals surface area (Å²) in [5, 5.41) is 3.79. The Morgan fingerprint density at radius 3 is 2.31 bits per heavy atom. The fourth-order valence-electron chi connectivity index (χ4n) is 8.17. The van der Waals surface area contributed by atoms with Gasteiger partial charge in [-0.05, 0) is 80.9 Å². The van der Waals surface area contributed by atoms with Crippen LogP contribution in [0.1, 0.15) is 51.4 Å². The Bertz CT molecular complexity index is 1000. The number of carbonyl (C=O) groups is 3. The molecule has 2 heterocycles. The molecule has 6 aliphatic rings. The highest BCUT2D eigenvalue weighted by molar-refractivity contribution is 6.30. The van der Waals surface area contributed by atoms with E-state index >= 15 is 0 Å². The summed E-state index contributed by atoms with van der Waals surface area (Å²) >= 11 is 6.14. The Labute approximate surface area is 218 Å². The van der Waals surface area contributed by atoms with Gasteiger partial charge in [-0.2, -0.15) is 0 Å². The van der Waals surface area contributed by atoms with Crippen LogP contribution in [-0.4, -0.2) is 72.8 Å². The first-order chi connectivity index (χ1) is 17.4. The van der Waals surface area contributed by atoms with Crippen molar-refractivity contribution in [3.05, 3.63) is 29.3 Å². The lowest BCUT2D eigenvalue weighted by Gasteiger charge is -2.56. The van der Waals surface area contributed by atoms with Crippen molar-refractivity contribution in [1.82, 2.24) is 15.1 Å². The molecule has 194 valence electrons. The van der Waals surface area contributed by atoms with Crippen molar-refractivity contribution in [2.24, 2.45) is 23.2 Å². The summed E-state index contributed by atoms with van der Waals surface area (Å²) < 4.78 is 0. The maximum Gasteiger partial charge on any atom is 0.243 e. The van der Waals surface area contributed by atoms with Crippen LogP contribution in [0.25, 0.3) is 0 Å². The average molecular weight is 513 g/mol. The van der Waals surface area contributed by atoms with E-state index in [2.05, 4.69) is 21.2 Å². The average Bonchev–Trinajstić information content (AvgIpc) is 3.24. The normalized spacial score (nSPS) is 33.9. The van der Waals surface area contributed by atoms with Gasteiger partial charge in [-0.3, -0.25) is 24.2 Å². The Hall–Kier alpha value is -2.12. The molecule has 6 fully saturated rings. The van der Waals surface area contributed by atoms with Crippen LogP contribution in [0.2, 0.25) is 5.02 Å². The van der Waals surface area contributed by atoms with Gasteiger partial charge in [0.25, 0.3) is 0 Å². The van der Waals surface area contributed by atoms with Crippen LogP contribution in [-0.2, 0) is 14.4 Å². The van der Waals surface area contributed by atoms with E-state index in [1.807, 2.05) is 18.2 Å². The Morgan fingerprint density at radius 2 is 1.67 bits per heavy atom. The number of nitrogens with one attached hydrogen (secondary N) is 1. The fraction of sp³-hybridized carbons (Fsp3) is 0.679. The minimum Gasteiger partial charge on any atom is -0.369 e. The first-order valence-corrected chi connectivity index (χ1v) is 14.1. The molecule has 0 spiro atoms. The molecule has 2 aliphatic heterocycles. The second-order valence-corrected chi connectivity index (χ2v) is 12.4. The van der Waals surface area contributed by atoms with Gasteiger partial charge in [0.2, 0.25) is 17.7 Å². The molecule has 4 aliphatic carbocycles. The number of carbonyl (C=O) groups excluding carboxylic acids is 3. The highest BCUT2D eigenvalue weighted by atomic mass is 35.5. The number of hydrogen-bond donors (Lipinski definition) is 1. The molecule has 36 heavy (non-hydrogen) atoms. The van der Waals surface area contributed by atoms with Crippen molar-refractivity contribution in [3.8, 4) is 0 Å². The van der Waals surface area contributed by atoms with E-state index < -0.39 is 11.5 Å². The van der Waals surface area contributed by atoms with Crippen LogP contribution in [0.5, 0.6) is 0 Å². The van der Waals surface area contributed by atoms with Gasteiger partial charge in [0.15, 0.2) is 0 Å². The molecule has 3 amide bonds. The molecule has 7 rings (SSSR count). The first-order valence-electron chi connectivity index (χ1n) is 13.8. The molecule has 0 unspecified atom stereocenters. The quantitative estimate of drug-likeness (QED) is 0.592. The summed E-state index contributed by atoms with van der Waals surface area (Å²) in [5.74, 6) is 1.52. The summed E-state index contributed by atoms with van der Waals surface area (Å²) in [6.07, 6.45) is 7.22. The molecule has 1 N–H and O–H groups in total. The summed E-state index contributed by atoms with van der Waals surface area (Å²) in [6.45, 7) is 4.96. The van der Waals surface area contributed by atoms with Gasteiger partial charge < -0.3 is 10.2 Å². The molecular formula is C28H37ClN4O3. The maximum absolute atomic E-state index is 13.8. The molecule has 1 atom stereocenters. The molecule has 8 heteroatoms. The van der Waals surface area contributed by atoms with Gasteiger partial charge in [-0.25, -0.2) is 0 Å². The molecule has 4 saturated carbocycles. The van der Waals surface area contributed by atoms with E-state index in [1.165, 1.54) is 24.2 Å². The minimum absolute atomic E-state index is 0.0404. The molecule has 2 saturated heterocycles. The summed E-state index contributed by atoms with van der Waals surface area (Å²) in [6, 6.07) is 7.31. The van der Waals surface area contributed by atoms with Crippen LogP contribution in [0.3, 0.4) is 0 Å². The zero-order valence-electron chi connectivity index (χ0n) is 21.0. The van der Waals surface area contributed by atoms with E-state index in [1.54, 1.807) is 0 Å². The summed E-state index contributed by atoms with van der Waals surface area (Å²) in [7, 11) is 0. The number of halogens is 1. The second-order valence-electron chi connectivity index (χ2n) is 11.9. The van der Waals surface area contributed by atoms with Crippen molar-refractivity contribution in [3.63, 3.8) is 0 Å². The SMILES string of the molecule is O=C(NCCN1CCN(c2cccc(Cl)c2)CC1)[C@@H]1CCC(=O)N1C(=O)C12CC3CC(CC(C3)C1)C2. The van der Waals surface area contributed by atoms with Crippen LogP contribution in [0.4, 0.5) is 5.69 Å². The third-order valence-electron chi connectivity index (χ3n) is 9.50. The highest BCUT2D eigenvalue weighted by Crippen LogP contribution is 2.60. The summed E-state index contributed by atoms with van der Waals surface area (Å²) in [5.41, 5.74) is 0.751. The van der Waals surface area contributed by atoms with E-state index in [0.717, 1.165) is 62.7 Å². The fourth-order valence-corrected chi connectivity index (χ4v) is 8.36. The Kier molecular flexibility index (Phi) is 6.49. The molecule has 7 nitrogen and oxygen atoms in total. The third-order valence-corrected chi connectivity index (χ3v) is 9.73. The van der Waals surface area contributed by atoms with Crippen molar-refractivity contribution in [2.45, 2.75) is 57.4 Å². The van der Waals surface area contributed by atoms with Crippen LogP contribution in [0.15, 0.2) is 24.3 Å². The number of likely N-dealkylation sites (tertiary alicyclic amines) is 1. The molecule has 0 aromatic heterocycles. The lowest BCUT2D eigenvalue weighted by molar-refractivity contribution is -0.165. The zero-order valence-corrected chi connectivity index (χ0v) is 21.7. The van der Waals surface area contributed by atoms with Gasteiger partial charge in [0, 0.05) is 56.4 Å². The first kappa shape index (κ1) is 24.2. The predicted octanol–water partition coefficient (Wildman–Crippen LogP) is 3.31. The topological polar surface area (TPSA) is 73.0 Å². The lowest BCUT2D eigenvalue weighted by atomic mass is 9.49. The van der Waals surface area contributed by atoms with E-state index in [9.17, 15) is 14.4 Å². The minimum atomic E-state index is -0.641.